The van der Waals surface area contributed by atoms with Gasteiger partial charge in [0.05, 0.1) is 11.7 Å². The number of carboxylic acid groups (broad SMARTS) is 1. The molecule has 8 nitrogen and oxygen atoms in total. The van der Waals surface area contributed by atoms with Crippen LogP contribution in [0.3, 0.4) is 0 Å². The van der Waals surface area contributed by atoms with Crippen LogP contribution in [0.25, 0.3) is 11.2 Å². The van der Waals surface area contributed by atoms with Gasteiger partial charge in [0.1, 0.15) is 0 Å². The molecule has 34 heavy (non-hydrogen) atoms. The van der Waals surface area contributed by atoms with Crippen molar-refractivity contribution in [1.29, 1.82) is 0 Å². The van der Waals surface area contributed by atoms with Crippen molar-refractivity contribution < 1.29 is 9.90 Å². The van der Waals surface area contributed by atoms with Crippen LogP contribution < -0.4 is 11.2 Å². The zero-order valence-electron chi connectivity index (χ0n) is 19.3. The Balaban J connectivity index is 1.80. The minimum absolute atomic E-state index is 0.141. The minimum atomic E-state index is -1.02. The average molecular weight is 461 g/mol. The maximum absolute atomic E-state index is 13.5. The number of carboxylic acids is 1. The molecule has 1 N–H and O–H groups in total. The molecule has 176 valence electrons. The summed E-state index contributed by atoms with van der Waals surface area (Å²) in [6.45, 7) is 4.04. The van der Waals surface area contributed by atoms with Crippen LogP contribution in [0.4, 0.5) is 0 Å². The van der Waals surface area contributed by atoms with E-state index < -0.39 is 22.6 Å². The Morgan fingerprint density at radius 3 is 2.15 bits per heavy atom. The summed E-state index contributed by atoms with van der Waals surface area (Å²) in [7, 11) is 0. The van der Waals surface area contributed by atoms with Crippen molar-refractivity contribution in [3.8, 4) is 0 Å². The lowest BCUT2D eigenvalue weighted by molar-refractivity contribution is -0.147. The molecule has 2 aromatic carbocycles. The number of hydrogen-bond donors (Lipinski definition) is 1. The highest BCUT2D eigenvalue weighted by Crippen LogP contribution is 2.22. The van der Waals surface area contributed by atoms with Crippen molar-refractivity contribution in [2.24, 2.45) is 5.41 Å². The number of hydrogen-bond acceptors (Lipinski definition) is 4. The Morgan fingerprint density at radius 2 is 1.53 bits per heavy atom. The van der Waals surface area contributed by atoms with Gasteiger partial charge in [-0.1, -0.05) is 60.7 Å². The predicted octanol–water partition coefficient (Wildman–Crippen LogP) is 3.15. The van der Waals surface area contributed by atoms with Crippen LogP contribution >= 0.6 is 0 Å². The van der Waals surface area contributed by atoms with Crippen molar-refractivity contribution >= 4 is 17.1 Å². The fraction of sp³-hybridized carbons (Fsp3) is 0.308. The van der Waals surface area contributed by atoms with E-state index in [1.165, 1.54) is 9.13 Å². The lowest BCUT2D eigenvalue weighted by Gasteiger charge is -2.20. The molecule has 0 aliphatic carbocycles. The van der Waals surface area contributed by atoms with E-state index in [0.717, 1.165) is 11.1 Å². The molecule has 2 heterocycles. The maximum atomic E-state index is 13.5. The third kappa shape index (κ3) is 4.71. The van der Waals surface area contributed by atoms with Gasteiger partial charge in [-0.3, -0.25) is 18.7 Å². The Morgan fingerprint density at radius 1 is 0.912 bits per heavy atom. The summed E-state index contributed by atoms with van der Waals surface area (Å²) in [5.41, 5.74) is 0.751. The molecule has 0 bridgehead atoms. The first-order valence-corrected chi connectivity index (χ1v) is 11.3. The lowest BCUT2D eigenvalue weighted by atomic mass is 9.89. The van der Waals surface area contributed by atoms with E-state index in [1.54, 1.807) is 24.7 Å². The van der Waals surface area contributed by atoms with Crippen molar-refractivity contribution in [3.05, 3.63) is 99.0 Å². The molecule has 0 saturated heterocycles. The number of carbonyl (C=O) groups is 1. The molecular formula is C26H28N4O4. The number of aryl methyl sites for hydroxylation is 2. The summed E-state index contributed by atoms with van der Waals surface area (Å²) < 4.78 is 4.43. The zero-order chi connectivity index (χ0) is 24.3. The molecule has 0 fully saturated rings. The van der Waals surface area contributed by atoms with Crippen LogP contribution in [-0.2, 0) is 30.8 Å². The summed E-state index contributed by atoms with van der Waals surface area (Å²) in [4.78, 5) is 42.9. The van der Waals surface area contributed by atoms with Gasteiger partial charge in [-0.25, -0.2) is 9.78 Å². The van der Waals surface area contributed by atoms with Gasteiger partial charge in [-0.15, -0.1) is 0 Å². The topological polar surface area (TPSA) is 99.1 Å². The van der Waals surface area contributed by atoms with Crippen LogP contribution in [-0.4, -0.2) is 29.8 Å². The summed E-state index contributed by atoms with van der Waals surface area (Å²) in [5.74, 6) is -0.941. The predicted molar refractivity (Wildman–Crippen MR) is 130 cm³/mol. The number of aliphatic carboxylic acids is 1. The lowest BCUT2D eigenvalue weighted by Crippen LogP contribution is -2.42. The summed E-state index contributed by atoms with van der Waals surface area (Å²) >= 11 is 0. The van der Waals surface area contributed by atoms with Gasteiger partial charge < -0.3 is 9.67 Å². The smallest absolute Gasteiger partial charge is 0.332 e. The van der Waals surface area contributed by atoms with Crippen molar-refractivity contribution in [1.82, 2.24) is 18.7 Å². The molecule has 2 aromatic heterocycles. The van der Waals surface area contributed by atoms with E-state index in [1.807, 2.05) is 60.7 Å². The summed E-state index contributed by atoms with van der Waals surface area (Å²) in [5, 5.41) is 9.52. The van der Waals surface area contributed by atoms with Gasteiger partial charge in [0, 0.05) is 19.6 Å². The largest absolute Gasteiger partial charge is 0.481 e. The third-order valence-corrected chi connectivity index (χ3v) is 6.19. The highest BCUT2D eigenvalue weighted by atomic mass is 16.4. The molecule has 0 atom stereocenters. The maximum Gasteiger partial charge on any atom is 0.332 e. The summed E-state index contributed by atoms with van der Waals surface area (Å²) in [6, 6.07) is 19.4. The number of imidazole rings is 1. The van der Waals surface area contributed by atoms with Crippen LogP contribution in [0.15, 0.2) is 76.6 Å². The first kappa shape index (κ1) is 23.2. The number of aromatic nitrogens is 4. The third-order valence-electron chi connectivity index (χ3n) is 6.19. The Bertz CT molecular complexity index is 1420. The molecule has 0 aliphatic rings. The Hall–Kier alpha value is -3.94. The van der Waals surface area contributed by atoms with E-state index in [-0.39, 0.29) is 25.2 Å². The first-order valence-electron chi connectivity index (χ1n) is 11.3. The second-order valence-corrected chi connectivity index (χ2v) is 9.10. The van der Waals surface area contributed by atoms with Crippen LogP contribution in [0.5, 0.6) is 0 Å². The molecular weight excluding hydrogens is 432 g/mol. The number of rotatable bonds is 9. The standard InChI is InChI=1S/C26H28N4O4/c1-26(2,24(32)33)14-16-29-22-21(28(18-27-22)17-20-11-7-4-8-12-20)23(31)30(25(29)34)15-13-19-9-5-3-6-10-19/h3-12,18H,13-17H2,1-2H3,(H,32,33). The fourth-order valence-electron chi connectivity index (χ4n) is 3.92. The minimum Gasteiger partial charge on any atom is -0.481 e. The monoisotopic (exact) mass is 460 g/mol. The number of fused-ring (bicyclic) bond motifs is 1. The van der Waals surface area contributed by atoms with Gasteiger partial charge in [-0.05, 0) is 37.8 Å². The molecule has 0 aliphatic heterocycles. The van der Waals surface area contributed by atoms with Gasteiger partial charge in [0.25, 0.3) is 5.56 Å². The van der Waals surface area contributed by atoms with Gasteiger partial charge in [0.2, 0.25) is 0 Å². The first-order chi connectivity index (χ1) is 16.3. The Labute approximate surface area is 196 Å². The van der Waals surface area contributed by atoms with Crippen molar-refractivity contribution in [2.75, 3.05) is 0 Å². The molecule has 0 radical (unpaired) electrons. The van der Waals surface area contributed by atoms with E-state index in [4.69, 9.17) is 0 Å². The quantitative estimate of drug-likeness (QED) is 0.414. The van der Waals surface area contributed by atoms with Gasteiger partial charge in [-0.2, -0.15) is 0 Å². The highest BCUT2D eigenvalue weighted by Gasteiger charge is 2.28. The second-order valence-electron chi connectivity index (χ2n) is 9.10. The van der Waals surface area contributed by atoms with Crippen molar-refractivity contribution in [2.45, 2.75) is 46.3 Å². The van der Waals surface area contributed by atoms with Gasteiger partial charge >= 0.3 is 11.7 Å². The van der Waals surface area contributed by atoms with Crippen LogP contribution in [0, 0.1) is 5.41 Å². The number of nitrogens with zero attached hydrogens (tertiary/aromatic N) is 4. The molecule has 0 unspecified atom stereocenters. The van der Waals surface area contributed by atoms with E-state index in [9.17, 15) is 19.5 Å². The molecule has 0 spiro atoms. The number of benzene rings is 2. The normalized spacial score (nSPS) is 11.7. The summed E-state index contributed by atoms with van der Waals surface area (Å²) in [6.07, 6.45) is 2.31. The Kier molecular flexibility index (Phi) is 6.49. The van der Waals surface area contributed by atoms with E-state index in [0.29, 0.717) is 18.5 Å². The molecule has 0 amide bonds. The van der Waals surface area contributed by atoms with Gasteiger partial charge in [0.15, 0.2) is 11.2 Å². The fourth-order valence-corrected chi connectivity index (χ4v) is 3.92. The SMILES string of the molecule is CC(C)(CCn1c(=O)n(CCc2ccccc2)c(=O)c2c1ncn2Cc1ccccc1)C(=O)O. The van der Waals surface area contributed by atoms with E-state index in [2.05, 4.69) is 4.98 Å². The van der Waals surface area contributed by atoms with E-state index >= 15 is 0 Å². The molecule has 0 saturated carbocycles. The average Bonchev–Trinajstić information content (AvgIpc) is 3.23. The molecule has 4 rings (SSSR count). The highest BCUT2D eigenvalue weighted by molar-refractivity contribution is 5.73. The second kappa shape index (κ2) is 9.51. The van der Waals surface area contributed by atoms with Crippen LogP contribution in [0.1, 0.15) is 31.4 Å². The molecule has 8 heteroatoms. The van der Waals surface area contributed by atoms with Crippen LogP contribution in [0.2, 0.25) is 0 Å². The molecule has 4 aromatic rings. The van der Waals surface area contributed by atoms with Crippen molar-refractivity contribution in [3.63, 3.8) is 0 Å². The zero-order valence-corrected chi connectivity index (χ0v) is 19.3.